The van der Waals surface area contributed by atoms with Gasteiger partial charge in [0.05, 0.1) is 29.6 Å². The van der Waals surface area contributed by atoms with E-state index in [9.17, 15) is 14.4 Å². The average molecular weight is 485 g/mol. The summed E-state index contributed by atoms with van der Waals surface area (Å²) in [6, 6.07) is 17.9. The lowest BCUT2D eigenvalue weighted by molar-refractivity contribution is 0.0967. The third-order valence-corrected chi connectivity index (χ3v) is 6.80. The fraction of sp³-hybridized carbons (Fsp3) is 0.300. The van der Waals surface area contributed by atoms with Crippen LogP contribution in [0.4, 0.5) is 16.2 Å². The molecule has 0 saturated carbocycles. The van der Waals surface area contributed by atoms with E-state index in [4.69, 9.17) is 4.74 Å². The molecular weight excluding hydrogens is 452 g/mol. The summed E-state index contributed by atoms with van der Waals surface area (Å²) in [5, 5.41) is 0. The van der Waals surface area contributed by atoms with Crippen molar-refractivity contribution in [3.05, 3.63) is 94.0 Å². The van der Waals surface area contributed by atoms with Gasteiger partial charge < -0.3 is 9.64 Å². The summed E-state index contributed by atoms with van der Waals surface area (Å²) in [7, 11) is 0. The monoisotopic (exact) mass is 484 g/mol. The van der Waals surface area contributed by atoms with E-state index in [1.807, 2.05) is 52.0 Å². The molecule has 6 heteroatoms. The van der Waals surface area contributed by atoms with Gasteiger partial charge in [0, 0.05) is 17.7 Å². The number of ketones is 1. The van der Waals surface area contributed by atoms with Crippen LogP contribution < -0.4 is 9.80 Å². The van der Waals surface area contributed by atoms with E-state index in [1.54, 1.807) is 53.1 Å². The van der Waals surface area contributed by atoms with E-state index in [2.05, 4.69) is 0 Å². The number of ether oxygens (including phenoxy) is 1. The second-order valence-corrected chi connectivity index (χ2v) is 9.21. The summed E-state index contributed by atoms with van der Waals surface area (Å²) in [5.74, 6) is -0.464. The molecule has 1 unspecified atom stereocenters. The Kier molecular flexibility index (Phi) is 7.25. The Bertz CT molecular complexity index is 1310. The fourth-order valence-electron chi connectivity index (χ4n) is 4.60. The molecule has 1 aliphatic heterocycles. The maximum Gasteiger partial charge on any atom is 0.414 e. The zero-order valence-electron chi connectivity index (χ0n) is 21.5. The minimum atomic E-state index is -0.420. The number of benzene rings is 3. The lowest BCUT2D eigenvalue weighted by Gasteiger charge is -2.42. The van der Waals surface area contributed by atoms with Crippen LogP contribution in [0.1, 0.15) is 63.2 Å². The first-order valence-corrected chi connectivity index (χ1v) is 12.4. The molecule has 6 nitrogen and oxygen atoms in total. The molecule has 3 aromatic rings. The molecule has 0 aromatic heterocycles. The third kappa shape index (κ3) is 4.63. The SMILES string of the molecule is CCOC(=O)N1c2cc(C)c(C)cc2N(C(=O)c2ccccc2C(=O)c2ccc(C)cc2)CC1CC. The van der Waals surface area contributed by atoms with Crippen molar-refractivity contribution in [2.24, 2.45) is 0 Å². The molecule has 4 rings (SSSR count). The molecule has 0 fully saturated rings. The van der Waals surface area contributed by atoms with Crippen molar-refractivity contribution in [2.75, 3.05) is 23.0 Å². The quantitative estimate of drug-likeness (QED) is 0.402. The van der Waals surface area contributed by atoms with Crippen molar-refractivity contribution in [3.8, 4) is 0 Å². The second kappa shape index (κ2) is 10.4. The molecule has 186 valence electrons. The van der Waals surface area contributed by atoms with Crippen LogP contribution in [0.25, 0.3) is 0 Å². The Morgan fingerprint density at radius 1 is 0.861 bits per heavy atom. The van der Waals surface area contributed by atoms with E-state index >= 15 is 0 Å². The lowest BCUT2D eigenvalue weighted by atomic mass is 9.95. The highest BCUT2D eigenvalue weighted by Gasteiger charge is 2.38. The third-order valence-electron chi connectivity index (χ3n) is 6.80. The number of rotatable bonds is 5. The smallest absolute Gasteiger partial charge is 0.414 e. The molecular formula is C30H32N2O4. The van der Waals surface area contributed by atoms with E-state index < -0.39 is 6.09 Å². The summed E-state index contributed by atoms with van der Waals surface area (Å²) in [6.07, 6.45) is 0.217. The molecule has 0 radical (unpaired) electrons. The number of carbonyl (C=O) groups is 3. The van der Waals surface area contributed by atoms with Gasteiger partial charge in [0.1, 0.15) is 0 Å². The highest BCUT2D eigenvalue weighted by Crippen LogP contribution is 2.40. The van der Waals surface area contributed by atoms with Gasteiger partial charge in [-0.25, -0.2) is 4.79 Å². The van der Waals surface area contributed by atoms with Crippen molar-refractivity contribution in [2.45, 2.75) is 47.1 Å². The molecule has 1 aliphatic rings. The molecule has 3 aromatic carbocycles. The van der Waals surface area contributed by atoms with Crippen LogP contribution in [-0.4, -0.2) is 37.0 Å². The first-order chi connectivity index (χ1) is 17.3. The minimum Gasteiger partial charge on any atom is -0.449 e. The van der Waals surface area contributed by atoms with Crippen LogP contribution in [0.5, 0.6) is 0 Å². The van der Waals surface area contributed by atoms with Crippen LogP contribution >= 0.6 is 0 Å². The van der Waals surface area contributed by atoms with Gasteiger partial charge >= 0.3 is 6.09 Å². The molecule has 0 saturated heterocycles. The molecule has 0 N–H and O–H groups in total. The zero-order chi connectivity index (χ0) is 26.0. The molecule has 1 atom stereocenters. The van der Waals surface area contributed by atoms with Gasteiger partial charge in [0.25, 0.3) is 5.91 Å². The normalized spacial score (nSPS) is 14.9. The lowest BCUT2D eigenvalue weighted by Crippen LogP contribution is -2.53. The summed E-state index contributed by atoms with van der Waals surface area (Å²) in [4.78, 5) is 43.8. The maximum absolute atomic E-state index is 14.1. The zero-order valence-corrected chi connectivity index (χ0v) is 21.5. The highest BCUT2D eigenvalue weighted by molar-refractivity contribution is 6.19. The molecule has 0 spiro atoms. The van der Waals surface area contributed by atoms with E-state index in [1.165, 1.54) is 0 Å². The number of aryl methyl sites for hydroxylation is 3. The highest BCUT2D eigenvalue weighted by atomic mass is 16.6. The molecule has 36 heavy (non-hydrogen) atoms. The van der Waals surface area contributed by atoms with Crippen molar-refractivity contribution < 1.29 is 19.1 Å². The maximum atomic E-state index is 14.1. The number of hydrogen-bond acceptors (Lipinski definition) is 4. The van der Waals surface area contributed by atoms with E-state index in [0.29, 0.717) is 41.0 Å². The van der Waals surface area contributed by atoms with Crippen molar-refractivity contribution in [3.63, 3.8) is 0 Å². The van der Waals surface area contributed by atoms with Crippen molar-refractivity contribution >= 4 is 29.2 Å². The Hall–Kier alpha value is -3.93. The molecule has 2 amide bonds. The first kappa shape index (κ1) is 25.2. The Morgan fingerprint density at radius 3 is 2.08 bits per heavy atom. The van der Waals surface area contributed by atoms with E-state index in [-0.39, 0.29) is 24.3 Å². The van der Waals surface area contributed by atoms with Crippen molar-refractivity contribution in [1.29, 1.82) is 0 Å². The van der Waals surface area contributed by atoms with E-state index in [0.717, 1.165) is 16.7 Å². The predicted molar refractivity (Wildman–Crippen MR) is 142 cm³/mol. The summed E-state index contributed by atoms with van der Waals surface area (Å²) in [6.45, 7) is 10.3. The molecule has 1 heterocycles. The number of fused-ring (bicyclic) bond motifs is 1. The Morgan fingerprint density at radius 2 is 1.47 bits per heavy atom. The number of hydrogen-bond donors (Lipinski definition) is 0. The van der Waals surface area contributed by atoms with Gasteiger partial charge in [-0.2, -0.15) is 0 Å². The van der Waals surface area contributed by atoms with Crippen LogP contribution in [0.2, 0.25) is 0 Å². The standard InChI is InChI=1S/C30H32N2O4/c1-6-23-18-31(26-16-20(4)21(5)17-27(26)32(23)30(35)36-7-2)29(34)25-11-9-8-10-24(25)28(33)22-14-12-19(3)13-15-22/h8-17,23H,6-7,18H2,1-5H3. The Labute approximate surface area is 212 Å². The van der Waals surface area contributed by atoms with Crippen LogP contribution in [0.15, 0.2) is 60.7 Å². The van der Waals surface area contributed by atoms with Gasteiger partial charge in [-0.3, -0.25) is 14.5 Å². The number of anilines is 2. The number of carbonyl (C=O) groups excluding carboxylic acids is 3. The van der Waals surface area contributed by atoms with Gasteiger partial charge in [-0.1, -0.05) is 55.0 Å². The summed E-state index contributed by atoms with van der Waals surface area (Å²) in [5.41, 5.74) is 5.60. The van der Waals surface area contributed by atoms with Gasteiger partial charge in [0.15, 0.2) is 5.78 Å². The largest absolute Gasteiger partial charge is 0.449 e. The van der Waals surface area contributed by atoms with Crippen LogP contribution in [-0.2, 0) is 4.74 Å². The van der Waals surface area contributed by atoms with Gasteiger partial charge in [0.2, 0.25) is 0 Å². The number of amides is 2. The number of nitrogens with zero attached hydrogens (tertiary/aromatic N) is 2. The summed E-state index contributed by atoms with van der Waals surface area (Å²) >= 11 is 0. The van der Waals surface area contributed by atoms with Gasteiger partial charge in [-0.15, -0.1) is 0 Å². The van der Waals surface area contributed by atoms with Crippen molar-refractivity contribution in [1.82, 2.24) is 0 Å². The fourth-order valence-corrected chi connectivity index (χ4v) is 4.60. The molecule has 0 aliphatic carbocycles. The average Bonchev–Trinajstić information content (AvgIpc) is 2.88. The topological polar surface area (TPSA) is 66.9 Å². The second-order valence-electron chi connectivity index (χ2n) is 9.21. The first-order valence-electron chi connectivity index (χ1n) is 12.4. The summed E-state index contributed by atoms with van der Waals surface area (Å²) < 4.78 is 5.37. The predicted octanol–water partition coefficient (Wildman–Crippen LogP) is 6.24. The Balaban J connectivity index is 1.81. The van der Waals surface area contributed by atoms with Crippen LogP contribution in [0.3, 0.4) is 0 Å². The minimum absolute atomic E-state index is 0.198. The molecule has 0 bridgehead atoms. The van der Waals surface area contributed by atoms with Crippen LogP contribution in [0, 0.1) is 20.8 Å². The van der Waals surface area contributed by atoms with Gasteiger partial charge in [-0.05, 0) is 63.4 Å².